The number of hydrogen-bond donors (Lipinski definition) is 3. The molecule has 0 bridgehead atoms. The molecule has 0 aliphatic carbocycles. The first-order valence-corrected chi connectivity index (χ1v) is 10.3. The van der Waals surface area contributed by atoms with Crippen LogP contribution >= 0.6 is 0 Å². The zero-order chi connectivity index (χ0) is 21.1. The normalized spacial score (nSPS) is 18.4. The SMILES string of the molecule is CCOc1ccccc1NC(=O)[C@@H]1CC(=O)Nc2nc(N3CCCCC3)nc(N)c21. The number of nitrogens with one attached hydrogen (secondary N) is 2. The van der Waals surface area contributed by atoms with Crippen LogP contribution in [0.2, 0.25) is 0 Å². The highest BCUT2D eigenvalue weighted by Crippen LogP contribution is 2.37. The highest BCUT2D eigenvalue weighted by atomic mass is 16.5. The number of nitrogens with two attached hydrogens (primary N) is 1. The van der Waals surface area contributed by atoms with E-state index in [2.05, 4.69) is 25.5 Å². The van der Waals surface area contributed by atoms with E-state index < -0.39 is 5.92 Å². The summed E-state index contributed by atoms with van der Waals surface area (Å²) >= 11 is 0. The summed E-state index contributed by atoms with van der Waals surface area (Å²) in [4.78, 5) is 36.5. The number of benzene rings is 1. The minimum Gasteiger partial charge on any atom is -0.492 e. The van der Waals surface area contributed by atoms with E-state index in [1.165, 1.54) is 6.42 Å². The maximum atomic E-state index is 13.1. The van der Waals surface area contributed by atoms with E-state index in [-0.39, 0.29) is 24.1 Å². The van der Waals surface area contributed by atoms with Crippen molar-refractivity contribution >= 4 is 35.1 Å². The molecule has 9 heteroatoms. The van der Waals surface area contributed by atoms with E-state index in [1.54, 1.807) is 12.1 Å². The van der Waals surface area contributed by atoms with Gasteiger partial charge in [-0.15, -0.1) is 0 Å². The van der Waals surface area contributed by atoms with E-state index in [0.717, 1.165) is 25.9 Å². The van der Waals surface area contributed by atoms with Crippen molar-refractivity contribution in [3.05, 3.63) is 29.8 Å². The number of amides is 2. The average Bonchev–Trinajstić information content (AvgIpc) is 2.75. The predicted octanol–water partition coefficient (Wildman–Crippen LogP) is 2.51. The number of hydrogen-bond acceptors (Lipinski definition) is 7. The van der Waals surface area contributed by atoms with Crippen molar-refractivity contribution in [2.75, 3.05) is 41.0 Å². The molecule has 158 valence electrons. The molecule has 1 saturated heterocycles. The highest BCUT2D eigenvalue weighted by molar-refractivity contribution is 6.06. The number of fused-ring (bicyclic) bond motifs is 1. The third-order valence-electron chi connectivity index (χ3n) is 5.36. The van der Waals surface area contributed by atoms with Crippen molar-refractivity contribution in [2.24, 2.45) is 0 Å². The van der Waals surface area contributed by atoms with Gasteiger partial charge in [0.1, 0.15) is 17.4 Å². The summed E-state index contributed by atoms with van der Waals surface area (Å²) in [5, 5.41) is 5.63. The molecular formula is C21H26N6O3. The second kappa shape index (κ2) is 8.56. The van der Waals surface area contributed by atoms with Gasteiger partial charge in [-0.25, -0.2) is 0 Å². The number of carbonyl (C=O) groups excluding carboxylic acids is 2. The molecular weight excluding hydrogens is 384 g/mol. The van der Waals surface area contributed by atoms with E-state index in [4.69, 9.17) is 10.5 Å². The Morgan fingerprint density at radius 1 is 1.27 bits per heavy atom. The summed E-state index contributed by atoms with van der Waals surface area (Å²) in [6, 6.07) is 7.18. The number of piperidine rings is 1. The number of para-hydroxylation sites is 2. The molecule has 2 aromatic rings. The third kappa shape index (κ3) is 4.00. The molecule has 0 unspecified atom stereocenters. The van der Waals surface area contributed by atoms with Crippen LogP contribution in [0.15, 0.2) is 24.3 Å². The van der Waals surface area contributed by atoms with Crippen molar-refractivity contribution in [3.8, 4) is 5.75 Å². The Hall–Kier alpha value is -3.36. The first kappa shape index (κ1) is 19.9. The molecule has 30 heavy (non-hydrogen) atoms. The van der Waals surface area contributed by atoms with Crippen LogP contribution in [0.5, 0.6) is 5.75 Å². The fraction of sp³-hybridized carbons (Fsp3) is 0.429. The molecule has 1 atom stereocenters. The summed E-state index contributed by atoms with van der Waals surface area (Å²) < 4.78 is 5.57. The highest BCUT2D eigenvalue weighted by Gasteiger charge is 2.35. The first-order chi connectivity index (χ1) is 14.6. The van der Waals surface area contributed by atoms with E-state index in [9.17, 15) is 9.59 Å². The number of anilines is 4. The Morgan fingerprint density at radius 2 is 2.03 bits per heavy atom. The Balaban J connectivity index is 1.63. The number of ether oxygens (including phenoxy) is 1. The van der Waals surface area contributed by atoms with Crippen LogP contribution in [0, 0.1) is 0 Å². The second-order valence-electron chi connectivity index (χ2n) is 7.44. The van der Waals surface area contributed by atoms with E-state index in [1.807, 2.05) is 19.1 Å². The van der Waals surface area contributed by atoms with Gasteiger partial charge in [0, 0.05) is 19.5 Å². The molecule has 0 saturated carbocycles. The van der Waals surface area contributed by atoms with Crippen molar-refractivity contribution in [3.63, 3.8) is 0 Å². The summed E-state index contributed by atoms with van der Waals surface area (Å²) in [6.07, 6.45) is 3.29. The molecule has 1 aromatic carbocycles. The Bertz CT molecular complexity index is 958. The quantitative estimate of drug-likeness (QED) is 0.692. The third-order valence-corrected chi connectivity index (χ3v) is 5.36. The number of nitrogens with zero attached hydrogens (tertiary/aromatic N) is 3. The van der Waals surface area contributed by atoms with Gasteiger partial charge in [0.15, 0.2) is 0 Å². The lowest BCUT2D eigenvalue weighted by Crippen LogP contribution is -2.35. The fourth-order valence-corrected chi connectivity index (χ4v) is 3.91. The molecule has 4 rings (SSSR count). The lowest BCUT2D eigenvalue weighted by atomic mass is 9.91. The molecule has 0 radical (unpaired) electrons. The molecule has 1 fully saturated rings. The fourth-order valence-electron chi connectivity index (χ4n) is 3.91. The average molecular weight is 410 g/mol. The maximum absolute atomic E-state index is 13.1. The molecule has 2 aliphatic heterocycles. The van der Waals surface area contributed by atoms with Crippen LogP contribution in [0.3, 0.4) is 0 Å². The second-order valence-corrected chi connectivity index (χ2v) is 7.44. The van der Waals surface area contributed by atoms with Gasteiger partial charge in [-0.2, -0.15) is 9.97 Å². The summed E-state index contributed by atoms with van der Waals surface area (Å²) in [5.41, 5.74) is 7.26. The first-order valence-electron chi connectivity index (χ1n) is 10.3. The standard InChI is InChI=1S/C21H26N6O3/c1-2-30-15-9-5-4-8-14(15)23-20(29)13-12-16(28)24-19-17(13)18(22)25-21(26-19)27-10-6-3-7-11-27/h4-5,8-9,13H,2-3,6-7,10-12H2,1H3,(H,23,29)(H3,22,24,25,26,28)/t13-/m1/s1. The number of rotatable bonds is 5. The molecule has 2 amide bonds. The topological polar surface area (TPSA) is 122 Å². The summed E-state index contributed by atoms with van der Waals surface area (Å²) in [5.74, 6) is 0.199. The van der Waals surface area contributed by atoms with Crippen LogP contribution < -0.4 is 26.0 Å². The number of nitrogen functional groups attached to an aromatic ring is 1. The van der Waals surface area contributed by atoms with Crippen LogP contribution in [0.4, 0.5) is 23.3 Å². The van der Waals surface area contributed by atoms with Crippen molar-refractivity contribution in [1.29, 1.82) is 0 Å². The number of aromatic nitrogens is 2. The zero-order valence-electron chi connectivity index (χ0n) is 17.0. The number of carbonyl (C=O) groups is 2. The minimum absolute atomic E-state index is 0.0216. The van der Waals surface area contributed by atoms with E-state index in [0.29, 0.717) is 35.4 Å². The predicted molar refractivity (Wildman–Crippen MR) is 115 cm³/mol. The molecule has 1 aromatic heterocycles. The lowest BCUT2D eigenvalue weighted by Gasteiger charge is -2.30. The van der Waals surface area contributed by atoms with Gasteiger partial charge in [0.2, 0.25) is 17.8 Å². The van der Waals surface area contributed by atoms with Gasteiger partial charge >= 0.3 is 0 Å². The van der Waals surface area contributed by atoms with E-state index >= 15 is 0 Å². The van der Waals surface area contributed by atoms with Gasteiger partial charge in [0.25, 0.3) is 0 Å². The van der Waals surface area contributed by atoms with Crippen molar-refractivity contribution < 1.29 is 14.3 Å². The smallest absolute Gasteiger partial charge is 0.232 e. The summed E-state index contributed by atoms with van der Waals surface area (Å²) in [6.45, 7) is 4.05. The van der Waals surface area contributed by atoms with Gasteiger partial charge in [-0.3, -0.25) is 9.59 Å². The summed E-state index contributed by atoms with van der Waals surface area (Å²) in [7, 11) is 0. The Labute approximate surface area is 175 Å². The van der Waals surface area contributed by atoms with Gasteiger partial charge in [0.05, 0.1) is 23.8 Å². The Morgan fingerprint density at radius 3 is 2.80 bits per heavy atom. The van der Waals surface area contributed by atoms with Crippen LogP contribution in [-0.2, 0) is 9.59 Å². The largest absolute Gasteiger partial charge is 0.492 e. The van der Waals surface area contributed by atoms with Crippen LogP contribution in [0.1, 0.15) is 44.1 Å². The monoisotopic (exact) mass is 410 g/mol. The van der Waals surface area contributed by atoms with Crippen LogP contribution in [0.25, 0.3) is 0 Å². The minimum atomic E-state index is -0.779. The Kier molecular flexibility index (Phi) is 5.69. The lowest BCUT2D eigenvalue weighted by molar-refractivity contribution is -0.123. The molecule has 0 spiro atoms. The van der Waals surface area contributed by atoms with Crippen LogP contribution in [-0.4, -0.2) is 41.5 Å². The maximum Gasteiger partial charge on any atom is 0.232 e. The molecule has 9 nitrogen and oxygen atoms in total. The van der Waals surface area contributed by atoms with Crippen molar-refractivity contribution in [2.45, 2.75) is 38.5 Å². The van der Waals surface area contributed by atoms with Gasteiger partial charge in [-0.1, -0.05) is 12.1 Å². The molecule has 4 N–H and O–H groups in total. The zero-order valence-corrected chi connectivity index (χ0v) is 17.0. The van der Waals surface area contributed by atoms with Gasteiger partial charge in [-0.05, 0) is 38.3 Å². The molecule has 2 aliphatic rings. The van der Waals surface area contributed by atoms with Gasteiger partial charge < -0.3 is 26.0 Å². The van der Waals surface area contributed by atoms with Crippen molar-refractivity contribution in [1.82, 2.24) is 9.97 Å². The molecule has 3 heterocycles.